The normalized spacial score (nSPS) is 32.5. The lowest BCUT2D eigenvalue weighted by atomic mass is 9.96. The standard InChI is InChI=1S/C5H14BO12P3/c6-5-1-3(7)4(16-5)2-15-20(11,12)18-21(13,14)17-19(8,9)10/h3-5,7H,1-2,6H2,(H,11,12)(H,13,14)(H2,8,9,10)/t3-,4+,5+/m0/s1. The van der Waals surface area contributed by atoms with Crippen molar-refractivity contribution in [3.8, 4) is 0 Å². The van der Waals surface area contributed by atoms with Crippen LogP contribution in [0.3, 0.4) is 0 Å². The van der Waals surface area contributed by atoms with Crippen LogP contribution in [0.25, 0.3) is 0 Å². The van der Waals surface area contributed by atoms with E-state index in [2.05, 4.69) is 13.1 Å². The predicted octanol–water partition coefficient (Wildman–Crippen LogP) is -1.56. The molecule has 5 atom stereocenters. The van der Waals surface area contributed by atoms with E-state index in [1.807, 2.05) is 0 Å². The molecule has 1 aliphatic rings. The molecule has 1 heterocycles. The highest BCUT2D eigenvalue weighted by Gasteiger charge is 2.42. The van der Waals surface area contributed by atoms with Gasteiger partial charge in [-0.25, -0.2) is 13.7 Å². The summed E-state index contributed by atoms with van der Waals surface area (Å²) in [5, 5.41) is 9.49. The van der Waals surface area contributed by atoms with E-state index in [1.54, 1.807) is 7.85 Å². The van der Waals surface area contributed by atoms with Gasteiger partial charge in [0.2, 0.25) is 0 Å². The smallest absolute Gasteiger partial charge is 0.390 e. The molecule has 0 radical (unpaired) electrons. The first-order valence-electron chi connectivity index (χ1n) is 5.41. The van der Waals surface area contributed by atoms with Gasteiger partial charge in [0.1, 0.15) is 14.0 Å². The zero-order valence-electron chi connectivity index (χ0n) is 10.6. The molecule has 1 aliphatic heterocycles. The minimum Gasteiger partial charge on any atom is -0.390 e. The van der Waals surface area contributed by atoms with Crippen LogP contribution in [0.4, 0.5) is 0 Å². The number of phosphoric ester groups is 1. The van der Waals surface area contributed by atoms with Gasteiger partial charge in [-0.1, -0.05) is 0 Å². The van der Waals surface area contributed by atoms with Crippen LogP contribution < -0.4 is 0 Å². The minimum atomic E-state index is -5.53. The van der Waals surface area contributed by atoms with Gasteiger partial charge in [0, 0.05) is 6.00 Å². The molecule has 0 bridgehead atoms. The monoisotopic (exact) mass is 370 g/mol. The Labute approximate surface area is 119 Å². The Morgan fingerprint density at radius 2 is 1.67 bits per heavy atom. The van der Waals surface area contributed by atoms with Crippen LogP contribution in [-0.2, 0) is 31.6 Å². The molecule has 0 spiro atoms. The number of rotatable bonds is 7. The van der Waals surface area contributed by atoms with Crippen molar-refractivity contribution in [3.05, 3.63) is 0 Å². The second-order valence-electron chi connectivity index (χ2n) is 4.17. The summed E-state index contributed by atoms with van der Waals surface area (Å²) in [6.45, 7) is -0.644. The van der Waals surface area contributed by atoms with Crippen LogP contribution in [-0.4, -0.2) is 57.3 Å². The van der Waals surface area contributed by atoms with Gasteiger partial charge < -0.3 is 29.4 Å². The Hall–Kier alpha value is 0.395. The van der Waals surface area contributed by atoms with Crippen molar-refractivity contribution in [1.82, 2.24) is 0 Å². The highest BCUT2D eigenvalue weighted by molar-refractivity contribution is 7.66. The lowest BCUT2D eigenvalue weighted by Gasteiger charge is -2.19. The molecule has 124 valence electrons. The molecule has 0 aromatic heterocycles. The summed E-state index contributed by atoms with van der Waals surface area (Å²) in [6.07, 6.45) is -1.65. The van der Waals surface area contributed by atoms with Gasteiger partial charge in [0.15, 0.2) is 0 Å². The Bertz CT molecular complexity index is 503. The quantitative estimate of drug-likeness (QED) is 0.256. The third-order valence-corrected chi connectivity index (χ3v) is 6.03. The Balaban J connectivity index is 2.56. The summed E-state index contributed by atoms with van der Waals surface area (Å²) in [5.41, 5.74) is 0. The molecule has 1 fully saturated rings. The van der Waals surface area contributed by atoms with E-state index in [0.29, 0.717) is 0 Å². The van der Waals surface area contributed by atoms with Crippen molar-refractivity contribution in [2.24, 2.45) is 0 Å². The first-order valence-corrected chi connectivity index (χ1v) is 9.94. The van der Waals surface area contributed by atoms with Crippen molar-refractivity contribution < 1.29 is 56.3 Å². The number of hydrogen-bond donors (Lipinski definition) is 5. The van der Waals surface area contributed by atoms with Crippen LogP contribution in [0.1, 0.15) is 6.42 Å². The van der Waals surface area contributed by atoms with Gasteiger partial charge in [-0.3, -0.25) is 4.52 Å². The molecule has 0 saturated carbocycles. The van der Waals surface area contributed by atoms with Gasteiger partial charge >= 0.3 is 23.5 Å². The average Bonchev–Trinajstić information content (AvgIpc) is 2.48. The van der Waals surface area contributed by atoms with Crippen LogP contribution in [0, 0.1) is 0 Å². The van der Waals surface area contributed by atoms with Crippen molar-refractivity contribution in [2.45, 2.75) is 24.6 Å². The lowest BCUT2D eigenvalue weighted by Crippen LogP contribution is -2.26. The molecule has 1 rings (SSSR count). The summed E-state index contributed by atoms with van der Waals surface area (Å²) in [7, 11) is -14.5. The predicted molar refractivity (Wildman–Crippen MR) is 67.6 cm³/mol. The van der Waals surface area contributed by atoms with Crippen LogP contribution in [0.2, 0.25) is 0 Å². The molecule has 5 N–H and O–H groups in total. The van der Waals surface area contributed by atoms with Gasteiger partial charge in [-0.2, -0.15) is 8.62 Å². The molecule has 0 aromatic rings. The van der Waals surface area contributed by atoms with E-state index in [1.165, 1.54) is 0 Å². The zero-order chi connectivity index (χ0) is 16.5. The van der Waals surface area contributed by atoms with Gasteiger partial charge in [-0.05, 0) is 6.42 Å². The number of aliphatic hydroxyl groups excluding tert-OH is 1. The number of phosphoric acid groups is 3. The molecule has 1 saturated heterocycles. The third-order valence-electron chi connectivity index (χ3n) is 2.23. The molecule has 21 heavy (non-hydrogen) atoms. The molecule has 0 aromatic carbocycles. The minimum absolute atomic E-state index is 0.268. The topological polar surface area (TPSA) is 189 Å². The third kappa shape index (κ3) is 7.47. The molecule has 12 nitrogen and oxygen atoms in total. The first-order chi connectivity index (χ1) is 9.30. The Morgan fingerprint density at radius 1 is 1.10 bits per heavy atom. The van der Waals surface area contributed by atoms with Crippen LogP contribution in [0.15, 0.2) is 0 Å². The molecule has 2 unspecified atom stereocenters. The highest BCUT2D eigenvalue weighted by atomic mass is 31.3. The second kappa shape index (κ2) is 6.88. The second-order valence-corrected chi connectivity index (χ2v) is 8.59. The zero-order valence-corrected chi connectivity index (χ0v) is 13.3. The maximum atomic E-state index is 11.4. The average molecular weight is 370 g/mol. The fourth-order valence-corrected chi connectivity index (χ4v) is 4.59. The maximum Gasteiger partial charge on any atom is 0.490 e. The largest absolute Gasteiger partial charge is 0.490 e. The van der Waals surface area contributed by atoms with E-state index < -0.39 is 42.3 Å². The van der Waals surface area contributed by atoms with Crippen molar-refractivity contribution in [1.29, 1.82) is 0 Å². The maximum absolute atomic E-state index is 11.4. The summed E-state index contributed by atoms with van der Waals surface area (Å²) < 4.78 is 49.3. The molecule has 0 aliphatic carbocycles. The summed E-state index contributed by atoms with van der Waals surface area (Å²) in [5.74, 6) is 0. The van der Waals surface area contributed by atoms with E-state index in [9.17, 15) is 18.8 Å². The van der Waals surface area contributed by atoms with Crippen LogP contribution >= 0.6 is 23.5 Å². The number of ether oxygens (including phenoxy) is 1. The number of hydrogen-bond acceptors (Lipinski definition) is 8. The van der Waals surface area contributed by atoms with Gasteiger partial charge in [0.25, 0.3) is 0 Å². The van der Waals surface area contributed by atoms with Crippen molar-refractivity contribution in [3.63, 3.8) is 0 Å². The van der Waals surface area contributed by atoms with Gasteiger partial charge in [0.05, 0.1) is 12.7 Å². The molecular weight excluding hydrogens is 356 g/mol. The molecule has 0 amide bonds. The Morgan fingerprint density at radius 3 is 2.10 bits per heavy atom. The highest BCUT2D eigenvalue weighted by Crippen LogP contribution is 2.66. The fraction of sp³-hybridized carbons (Fsp3) is 1.00. The summed E-state index contributed by atoms with van der Waals surface area (Å²) in [4.78, 5) is 34.7. The van der Waals surface area contributed by atoms with E-state index in [-0.39, 0.29) is 12.4 Å². The molecule has 16 heteroatoms. The van der Waals surface area contributed by atoms with Gasteiger partial charge in [-0.15, -0.1) is 0 Å². The van der Waals surface area contributed by atoms with E-state index in [0.717, 1.165) is 0 Å². The van der Waals surface area contributed by atoms with Crippen molar-refractivity contribution in [2.75, 3.05) is 6.61 Å². The van der Waals surface area contributed by atoms with Crippen molar-refractivity contribution >= 4 is 31.3 Å². The van der Waals surface area contributed by atoms with Crippen LogP contribution in [0.5, 0.6) is 0 Å². The van der Waals surface area contributed by atoms with E-state index in [4.69, 9.17) is 24.3 Å². The molecular formula is C5H14BO12P3. The fourth-order valence-electron chi connectivity index (χ4n) is 1.56. The Kier molecular flexibility index (Phi) is 6.37. The summed E-state index contributed by atoms with van der Waals surface area (Å²) >= 11 is 0. The first kappa shape index (κ1) is 19.4. The lowest BCUT2D eigenvalue weighted by molar-refractivity contribution is -0.00418. The van der Waals surface area contributed by atoms with E-state index >= 15 is 0 Å². The number of aliphatic hydroxyl groups is 1. The SMILES string of the molecule is B[C@H]1C[C@H](O)[C@@H](COP(=O)(O)OP(=O)(O)OP(=O)(O)O)O1. The summed E-state index contributed by atoms with van der Waals surface area (Å²) in [6, 6.07) is -0.311.